The van der Waals surface area contributed by atoms with Gasteiger partial charge in [0.25, 0.3) is 5.56 Å². The monoisotopic (exact) mass is 332 g/mol. The molecule has 3 N–H and O–H groups in total. The normalized spacial score (nSPS) is 16.2. The number of hydrogen-bond acceptors (Lipinski definition) is 2. The summed E-state index contributed by atoms with van der Waals surface area (Å²) in [5.41, 5.74) is 6.82. The summed E-state index contributed by atoms with van der Waals surface area (Å²) in [5.74, 6) is -0.394. The molecule has 4 heteroatoms. The number of carbonyl (C=O) groups excluding carboxylic acids is 1. The highest BCUT2D eigenvalue weighted by Gasteiger charge is 2.43. The maximum Gasteiger partial charge on any atom is 0.252 e. The third kappa shape index (κ3) is 2.54. The Hall–Kier alpha value is -2.88. The molecule has 0 aliphatic heterocycles. The summed E-state index contributed by atoms with van der Waals surface area (Å²) in [6.07, 6.45) is 3.16. The molecule has 0 unspecified atom stereocenters. The van der Waals surface area contributed by atoms with Gasteiger partial charge in [0.05, 0.1) is 5.41 Å². The van der Waals surface area contributed by atoms with Crippen molar-refractivity contribution in [2.24, 2.45) is 5.73 Å². The quantitative estimate of drug-likeness (QED) is 0.770. The van der Waals surface area contributed by atoms with Crippen molar-refractivity contribution in [1.29, 1.82) is 0 Å². The van der Waals surface area contributed by atoms with E-state index in [9.17, 15) is 9.59 Å². The van der Waals surface area contributed by atoms with Crippen LogP contribution in [0.5, 0.6) is 0 Å². The molecule has 0 saturated heterocycles. The molecule has 1 amide bonds. The molecule has 4 nitrogen and oxygen atoms in total. The number of aromatic nitrogens is 1. The van der Waals surface area contributed by atoms with E-state index in [4.69, 9.17) is 5.73 Å². The molecule has 1 aliphatic carbocycles. The first-order chi connectivity index (χ1) is 12.1. The van der Waals surface area contributed by atoms with Crippen molar-refractivity contribution < 1.29 is 4.79 Å². The van der Waals surface area contributed by atoms with Crippen LogP contribution in [-0.2, 0) is 10.2 Å². The molecule has 1 aliphatic rings. The first-order valence-corrected chi connectivity index (χ1v) is 8.63. The Bertz CT molecular complexity index is 1010. The molecule has 0 atom stereocenters. The lowest BCUT2D eigenvalue weighted by molar-refractivity contribution is -0.123. The van der Waals surface area contributed by atoms with Crippen LogP contribution in [0.1, 0.15) is 31.2 Å². The van der Waals surface area contributed by atoms with E-state index in [2.05, 4.69) is 17.1 Å². The number of amides is 1. The van der Waals surface area contributed by atoms with Gasteiger partial charge in [0.15, 0.2) is 0 Å². The molecular formula is C21H20N2O2. The fourth-order valence-electron chi connectivity index (χ4n) is 4.00. The third-order valence-electron chi connectivity index (χ3n) is 5.41. The lowest BCUT2D eigenvalue weighted by Crippen LogP contribution is -2.42. The number of carbonyl (C=O) groups is 1. The topological polar surface area (TPSA) is 76.0 Å². The van der Waals surface area contributed by atoms with Crippen LogP contribution < -0.4 is 11.3 Å². The van der Waals surface area contributed by atoms with Crippen LogP contribution >= 0.6 is 0 Å². The highest BCUT2D eigenvalue weighted by atomic mass is 16.1. The van der Waals surface area contributed by atoms with Crippen LogP contribution in [0, 0.1) is 0 Å². The lowest BCUT2D eigenvalue weighted by Gasteiger charge is -2.24. The molecule has 25 heavy (non-hydrogen) atoms. The molecule has 1 aromatic heterocycles. The Morgan fingerprint density at radius 1 is 0.960 bits per heavy atom. The lowest BCUT2D eigenvalue weighted by atomic mass is 9.78. The number of fused-ring (bicyclic) bond motifs is 1. The molecule has 1 saturated carbocycles. The summed E-state index contributed by atoms with van der Waals surface area (Å²) in [6, 6.07) is 17.8. The predicted molar refractivity (Wildman–Crippen MR) is 99.3 cm³/mol. The van der Waals surface area contributed by atoms with Crippen LogP contribution in [-0.4, -0.2) is 10.9 Å². The van der Waals surface area contributed by atoms with Crippen molar-refractivity contribution in [2.75, 3.05) is 0 Å². The van der Waals surface area contributed by atoms with Crippen molar-refractivity contribution in [2.45, 2.75) is 31.1 Å². The van der Waals surface area contributed by atoms with Crippen molar-refractivity contribution >= 4 is 16.7 Å². The zero-order valence-electron chi connectivity index (χ0n) is 13.9. The molecule has 0 spiro atoms. The van der Waals surface area contributed by atoms with Gasteiger partial charge >= 0.3 is 0 Å². The van der Waals surface area contributed by atoms with Crippen molar-refractivity contribution in [3.63, 3.8) is 0 Å². The second kappa shape index (κ2) is 5.88. The van der Waals surface area contributed by atoms with Gasteiger partial charge in [-0.2, -0.15) is 0 Å². The molecule has 4 rings (SSSR count). The minimum Gasteiger partial charge on any atom is -0.369 e. The highest BCUT2D eigenvalue weighted by Crippen LogP contribution is 2.39. The Morgan fingerprint density at radius 3 is 2.36 bits per heavy atom. The largest absolute Gasteiger partial charge is 0.369 e. The molecular weight excluding hydrogens is 312 g/mol. The molecule has 2 aromatic carbocycles. The number of rotatable bonds is 3. The summed E-state index contributed by atoms with van der Waals surface area (Å²) in [4.78, 5) is 27.7. The van der Waals surface area contributed by atoms with Crippen LogP contribution in [0.2, 0.25) is 0 Å². The van der Waals surface area contributed by atoms with Gasteiger partial charge in [0.2, 0.25) is 5.91 Å². The first kappa shape index (κ1) is 15.6. The van der Waals surface area contributed by atoms with Gasteiger partial charge in [-0.15, -0.1) is 0 Å². The SMILES string of the molecule is NC(=O)C1(c2ccc(-c3ccc4ccccc4c3)[nH]c2=O)CCCC1. The van der Waals surface area contributed by atoms with E-state index in [1.165, 1.54) is 0 Å². The second-order valence-electron chi connectivity index (χ2n) is 6.83. The van der Waals surface area contributed by atoms with Crippen LogP contribution in [0.3, 0.4) is 0 Å². The van der Waals surface area contributed by atoms with E-state index >= 15 is 0 Å². The smallest absolute Gasteiger partial charge is 0.252 e. The van der Waals surface area contributed by atoms with E-state index in [1.807, 2.05) is 36.4 Å². The molecule has 1 heterocycles. The zero-order valence-corrected chi connectivity index (χ0v) is 13.9. The summed E-state index contributed by atoms with van der Waals surface area (Å²) in [7, 11) is 0. The molecule has 126 valence electrons. The standard InChI is InChI=1S/C21H20N2O2/c22-20(25)21(11-3-4-12-21)17-9-10-18(23-19(17)24)16-8-7-14-5-1-2-6-15(14)13-16/h1-2,5-10,13H,3-4,11-12H2,(H2,22,25)(H,23,24). The Kier molecular flexibility index (Phi) is 3.68. The average molecular weight is 332 g/mol. The van der Waals surface area contributed by atoms with E-state index in [-0.39, 0.29) is 5.56 Å². The summed E-state index contributed by atoms with van der Waals surface area (Å²) in [5, 5.41) is 2.28. The fraction of sp³-hybridized carbons (Fsp3) is 0.238. The maximum absolute atomic E-state index is 12.7. The first-order valence-electron chi connectivity index (χ1n) is 8.63. The van der Waals surface area contributed by atoms with Gasteiger partial charge in [0.1, 0.15) is 0 Å². The number of nitrogens with two attached hydrogens (primary N) is 1. The number of nitrogens with one attached hydrogen (secondary N) is 1. The molecule has 0 bridgehead atoms. The molecule has 3 aromatic rings. The summed E-state index contributed by atoms with van der Waals surface area (Å²) < 4.78 is 0. The second-order valence-corrected chi connectivity index (χ2v) is 6.83. The van der Waals surface area contributed by atoms with Gasteiger partial charge in [-0.1, -0.05) is 55.3 Å². The minimum atomic E-state index is -0.810. The van der Waals surface area contributed by atoms with Gasteiger partial charge < -0.3 is 10.7 Å². The number of pyridine rings is 1. The Morgan fingerprint density at radius 2 is 1.68 bits per heavy atom. The Labute approximate surface area is 145 Å². The van der Waals surface area contributed by atoms with Crippen LogP contribution in [0.15, 0.2) is 59.4 Å². The predicted octanol–water partition coefficient (Wildman–Crippen LogP) is 3.49. The third-order valence-corrected chi connectivity index (χ3v) is 5.41. The van der Waals surface area contributed by atoms with Crippen LogP contribution in [0.4, 0.5) is 0 Å². The average Bonchev–Trinajstić information content (AvgIpc) is 3.12. The summed E-state index contributed by atoms with van der Waals surface area (Å²) >= 11 is 0. The van der Waals surface area contributed by atoms with Gasteiger partial charge in [-0.05, 0) is 41.3 Å². The fourth-order valence-corrected chi connectivity index (χ4v) is 4.00. The van der Waals surface area contributed by atoms with Gasteiger partial charge in [0, 0.05) is 11.3 Å². The number of H-pyrrole nitrogens is 1. The Balaban J connectivity index is 1.79. The van der Waals surface area contributed by atoms with E-state index < -0.39 is 11.3 Å². The highest BCUT2D eigenvalue weighted by molar-refractivity contribution is 5.88. The van der Waals surface area contributed by atoms with Gasteiger partial charge in [-0.3, -0.25) is 9.59 Å². The van der Waals surface area contributed by atoms with E-state index in [0.717, 1.165) is 34.9 Å². The number of hydrogen-bond donors (Lipinski definition) is 2. The van der Waals surface area contributed by atoms with Crippen molar-refractivity contribution in [3.8, 4) is 11.3 Å². The van der Waals surface area contributed by atoms with E-state index in [0.29, 0.717) is 18.4 Å². The molecule has 0 radical (unpaired) electrons. The molecule has 1 fully saturated rings. The maximum atomic E-state index is 12.7. The van der Waals surface area contributed by atoms with Gasteiger partial charge in [-0.25, -0.2) is 0 Å². The van der Waals surface area contributed by atoms with Crippen molar-refractivity contribution in [1.82, 2.24) is 4.98 Å². The summed E-state index contributed by atoms with van der Waals surface area (Å²) in [6.45, 7) is 0. The number of aromatic amines is 1. The van der Waals surface area contributed by atoms with E-state index in [1.54, 1.807) is 6.07 Å². The number of benzene rings is 2. The van der Waals surface area contributed by atoms with Crippen LogP contribution in [0.25, 0.3) is 22.0 Å². The van der Waals surface area contributed by atoms with Crippen molar-refractivity contribution in [3.05, 3.63) is 70.5 Å². The minimum absolute atomic E-state index is 0.216. The number of primary amides is 1. The zero-order chi connectivity index (χ0) is 17.4.